The Kier molecular flexibility index (Phi) is 4.83. The fraction of sp³-hybridized carbons (Fsp3) is 1.00. The Bertz CT molecular complexity index is 288. The van der Waals surface area contributed by atoms with E-state index in [-0.39, 0.29) is 17.8 Å². The molecular formula is C9H18ClNO3S. The van der Waals surface area contributed by atoms with Crippen molar-refractivity contribution in [3.8, 4) is 0 Å². The Morgan fingerprint density at radius 2 is 2.13 bits per heavy atom. The minimum absolute atomic E-state index is 0.0270. The Balaban J connectivity index is 2.24. The van der Waals surface area contributed by atoms with E-state index in [0.717, 1.165) is 12.8 Å². The SMILES string of the molecule is CCOCCS(=O)(=O)NCC1(CCl)CC1. The van der Waals surface area contributed by atoms with Crippen LogP contribution >= 0.6 is 11.6 Å². The van der Waals surface area contributed by atoms with Gasteiger partial charge in [-0.05, 0) is 25.2 Å². The van der Waals surface area contributed by atoms with Crippen LogP contribution in [0.3, 0.4) is 0 Å². The molecule has 0 amide bonds. The number of alkyl halides is 1. The van der Waals surface area contributed by atoms with Crippen molar-refractivity contribution in [2.24, 2.45) is 5.41 Å². The molecule has 1 N–H and O–H groups in total. The minimum atomic E-state index is -3.19. The minimum Gasteiger partial charge on any atom is -0.381 e. The second-order valence-electron chi connectivity index (χ2n) is 3.97. The molecule has 0 spiro atoms. The van der Waals surface area contributed by atoms with Crippen molar-refractivity contribution in [1.82, 2.24) is 4.72 Å². The van der Waals surface area contributed by atoms with Gasteiger partial charge in [0.2, 0.25) is 10.0 Å². The fourth-order valence-corrected chi connectivity index (χ4v) is 2.55. The standard InChI is InChI=1S/C9H18ClNO3S/c1-2-14-5-6-15(12,13)11-8-9(7-10)3-4-9/h11H,2-8H2,1H3. The molecule has 6 heteroatoms. The van der Waals surface area contributed by atoms with Gasteiger partial charge in [-0.3, -0.25) is 0 Å². The number of nitrogens with one attached hydrogen (secondary N) is 1. The van der Waals surface area contributed by atoms with Gasteiger partial charge in [-0.15, -0.1) is 11.6 Å². The van der Waals surface area contributed by atoms with Gasteiger partial charge >= 0.3 is 0 Å². The maximum Gasteiger partial charge on any atom is 0.213 e. The molecule has 1 rings (SSSR count). The molecule has 1 saturated carbocycles. The molecule has 1 fully saturated rings. The van der Waals surface area contributed by atoms with Gasteiger partial charge < -0.3 is 4.74 Å². The predicted molar refractivity (Wildman–Crippen MR) is 60.7 cm³/mol. The first-order valence-corrected chi connectivity index (χ1v) is 7.33. The summed E-state index contributed by atoms with van der Waals surface area (Å²) in [6.45, 7) is 3.10. The van der Waals surface area contributed by atoms with Gasteiger partial charge in [-0.1, -0.05) is 0 Å². The van der Waals surface area contributed by atoms with E-state index in [4.69, 9.17) is 16.3 Å². The molecule has 0 aromatic heterocycles. The molecule has 15 heavy (non-hydrogen) atoms. The van der Waals surface area contributed by atoms with Crippen molar-refractivity contribution in [2.45, 2.75) is 19.8 Å². The molecule has 0 aliphatic heterocycles. The normalized spacial score (nSPS) is 19.1. The molecule has 1 aliphatic rings. The first kappa shape index (κ1) is 13.2. The summed E-state index contributed by atoms with van der Waals surface area (Å²) >= 11 is 5.75. The Morgan fingerprint density at radius 3 is 2.60 bits per heavy atom. The van der Waals surface area contributed by atoms with Crippen LogP contribution in [-0.4, -0.2) is 39.8 Å². The number of halogens is 1. The van der Waals surface area contributed by atoms with E-state index in [1.165, 1.54) is 0 Å². The number of rotatable bonds is 8. The van der Waals surface area contributed by atoms with Crippen molar-refractivity contribution in [1.29, 1.82) is 0 Å². The highest BCUT2D eigenvalue weighted by molar-refractivity contribution is 7.89. The van der Waals surface area contributed by atoms with Crippen LogP contribution in [0.5, 0.6) is 0 Å². The van der Waals surface area contributed by atoms with Crippen molar-refractivity contribution in [3.05, 3.63) is 0 Å². The van der Waals surface area contributed by atoms with Gasteiger partial charge in [0.15, 0.2) is 0 Å². The second kappa shape index (κ2) is 5.48. The lowest BCUT2D eigenvalue weighted by atomic mass is 10.1. The molecule has 4 nitrogen and oxygen atoms in total. The van der Waals surface area contributed by atoms with Gasteiger partial charge in [0.05, 0.1) is 12.4 Å². The number of hydrogen-bond donors (Lipinski definition) is 1. The van der Waals surface area contributed by atoms with E-state index >= 15 is 0 Å². The van der Waals surface area contributed by atoms with Crippen molar-refractivity contribution in [2.75, 3.05) is 31.4 Å². The van der Waals surface area contributed by atoms with E-state index in [1.54, 1.807) is 0 Å². The molecule has 90 valence electrons. The first-order valence-electron chi connectivity index (χ1n) is 5.15. The van der Waals surface area contributed by atoms with Gasteiger partial charge in [0, 0.05) is 19.0 Å². The molecule has 0 aromatic rings. The van der Waals surface area contributed by atoms with Crippen molar-refractivity contribution in [3.63, 3.8) is 0 Å². The first-order chi connectivity index (χ1) is 7.04. The van der Waals surface area contributed by atoms with Crippen LogP contribution in [0.1, 0.15) is 19.8 Å². The average Bonchev–Trinajstić information content (AvgIpc) is 2.96. The zero-order valence-electron chi connectivity index (χ0n) is 8.96. The highest BCUT2D eigenvalue weighted by Crippen LogP contribution is 2.45. The summed E-state index contributed by atoms with van der Waals surface area (Å²) in [4.78, 5) is 0. The largest absolute Gasteiger partial charge is 0.381 e. The van der Waals surface area contributed by atoms with E-state index in [1.807, 2.05) is 6.92 Å². The van der Waals surface area contributed by atoms with E-state index < -0.39 is 10.0 Å². The highest BCUT2D eigenvalue weighted by Gasteiger charge is 2.42. The zero-order valence-corrected chi connectivity index (χ0v) is 10.5. The van der Waals surface area contributed by atoms with Crippen LogP contribution in [-0.2, 0) is 14.8 Å². The summed E-state index contributed by atoms with van der Waals surface area (Å²) in [5, 5.41) is 0. The average molecular weight is 256 g/mol. The summed E-state index contributed by atoms with van der Waals surface area (Å²) < 4.78 is 30.5. The Morgan fingerprint density at radius 1 is 1.47 bits per heavy atom. The Hall–Kier alpha value is 0.160. The van der Waals surface area contributed by atoms with Crippen LogP contribution in [0, 0.1) is 5.41 Å². The molecule has 0 atom stereocenters. The van der Waals surface area contributed by atoms with Crippen molar-refractivity contribution >= 4 is 21.6 Å². The molecule has 1 aliphatic carbocycles. The third kappa shape index (κ3) is 4.68. The summed E-state index contributed by atoms with van der Waals surface area (Å²) in [6.07, 6.45) is 2.04. The number of hydrogen-bond acceptors (Lipinski definition) is 3. The van der Waals surface area contributed by atoms with Crippen LogP contribution in [0.4, 0.5) is 0 Å². The van der Waals surface area contributed by atoms with Crippen molar-refractivity contribution < 1.29 is 13.2 Å². The topological polar surface area (TPSA) is 55.4 Å². The molecule has 0 heterocycles. The van der Waals surface area contributed by atoms with Crippen LogP contribution in [0.15, 0.2) is 0 Å². The third-order valence-corrected chi connectivity index (χ3v) is 4.46. The summed E-state index contributed by atoms with van der Waals surface area (Å²) in [5.41, 5.74) is 0.0280. The van der Waals surface area contributed by atoms with Gasteiger partial charge in [0.1, 0.15) is 0 Å². The lowest BCUT2D eigenvalue weighted by Crippen LogP contribution is -2.34. The highest BCUT2D eigenvalue weighted by atomic mass is 35.5. The van der Waals surface area contributed by atoms with Gasteiger partial charge in [-0.2, -0.15) is 0 Å². The molecule has 0 bridgehead atoms. The number of sulfonamides is 1. The monoisotopic (exact) mass is 255 g/mol. The van der Waals surface area contributed by atoms with E-state index in [2.05, 4.69) is 4.72 Å². The molecule has 0 unspecified atom stereocenters. The van der Waals surface area contributed by atoms with Crippen LogP contribution < -0.4 is 4.72 Å². The lowest BCUT2D eigenvalue weighted by Gasteiger charge is -2.12. The van der Waals surface area contributed by atoms with Crippen LogP contribution in [0.2, 0.25) is 0 Å². The maximum absolute atomic E-state index is 11.5. The summed E-state index contributed by atoms with van der Waals surface area (Å²) in [6, 6.07) is 0. The molecule has 0 radical (unpaired) electrons. The third-order valence-electron chi connectivity index (χ3n) is 2.61. The maximum atomic E-state index is 11.5. The molecule has 0 aromatic carbocycles. The molecule has 0 saturated heterocycles. The second-order valence-corrected chi connectivity index (χ2v) is 6.16. The quantitative estimate of drug-likeness (QED) is 0.519. The van der Waals surface area contributed by atoms with E-state index in [0.29, 0.717) is 19.0 Å². The lowest BCUT2D eigenvalue weighted by molar-refractivity contribution is 0.163. The molecular weight excluding hydrogens is 238 g/mol. The zero-order chi connectivity index (χ0) is 11.4. The van der Waals surface area contributed by atoms with E-state index in [9.17, 15) is 8.42 Å². The predicted octanol–water partition coefficient (Wildman–Crippen LogP) is 0.961. The Labute approximate surface area is 96.4 Å². The van der Waals surface area contributed by atoms with Crippen LogP contribution in [0.25, 0.3) is 0 Å². The number of ether oxygens (including phenoxy) is 1. The summed E-state index contributed by atoms with van der Waals surface area (Å²) in [7, 11) is -3.19. The summed E-state index contributed by atoms with van der Waals surface area (Å²) in [5.74, 6) is 0.556. The smallest absolute Gasteiger partial charge is 0.213 e. The van der Waals surface area contributed by atoms with Gasteiger partial charge in [0.25, 0.3) is 0 Å². The fourth-order valence-electron chi connectivity index (χ4n) is 1.18. The van der Waals surface area contributed by atoms with Gasteiger partial charge in [-0.25, -0.2) is 13.1 Å².